The molecule has 4 nitrogen and oxygen atoms in total. The van der Waals surface area contributed by atoms with Crippen LogP contribution in [-0.2, 0) is 0 Å². The molecule has 3 aromatic rings. The Kier molecular flexibility index (Phi) is 2.56. The van der Waals surface area contributed by atoms with E-state index >= 15 is 0 Å². The molecule has 3 N–H and O–H groups in total. The van der Waals surface area contributed by atoms with Crippen LogP contribution in [0.4, 0.5) is 26.2 Å². The zero-order valence-electron chi connectivity index (χ0n) is 9.65. The number of fused-ring (bicyclic) bond motifs is 1. The second-order valence-corrected chi connectivity index (χ2v) is 4.00. The molecule has 0 amide bonds. The lowest BCUT2D eigenvalue weighted by atomic mass is 10.3. The summed E-state index contributed by atoms with van der Waals surface area (Å²) in [5.74, 6) is -1.15. The summed E-state index contributed by atoms with van der Waals surface area (Å²) in [5, 5.41) is 2.59. The SMILES string of the molecule is Nc1ccc2oc(Nc3cc(F)ccc3F)nc2c1. The van der Waals surface area contributed by atoms with Gasteiger partial charge in [0.2, 0.25) is 0 Å². The summed E-state index contributed by atoms with van der Waals surface area (Å²) in [7, 11) is 0. The lowest BCUT2D eigenvalue weighted by Crippen LogP contribution is -1.94. The third kappa shape index (κ3) is 2.20. The number of nitrogen functional groups attached to an aromatic ring is 1. The number of aromatic nitrogens is 1. The number of anilines is 3. The Morgan fingerprint density at radius 1 is 1.11 bits per heavy atom. The van der Waals surface area contributed by atoms with Gasteiger partial charge >= 0.3 is 0 Å². The first-order chi connectivity index (χ1) is 9.11. The van der Waals surface area contributed by atoms with Gasteiger partial charge in [0.1, 0.15) is 17.2 Å². The van der Waals surface area contributed by atoms with Crippen molar-refractivity contribution >= 4 is 28.5 Å². The number of hydrogen-bond acceptors (Lipinski definition) is 4. The Hall–Kier alpha value is -2.63. The largest absolute Gasteiger partial charge is 0.423 e. The molecule has 0 atom stereocenters. The second-order valence-electron chi connectivity index (χ2n) is 4.00. The Bertz CT molecular complexity index is 755. The van der Waals surface area contributed by atoms with Crippen LogP contribution in [0.3, 0.4) is 0 Å². The van der Waals surface area contributed by atoms with Gasteiger partial charge in [0, 0.05) is 11.8 Å². The van der Waals surface area contributed by atoms with E-state index in [0.717, 1.165) is 18.2 Å². The molecule has 1 aromatic heterocycles. The number of nitrogens with two attached hydrogens (primary N) is 1. The lowest BCUT2D eigenvalue weighted by molar-refractivity contribution is 0.597. The summed E-state index contributed by atoms with van der Waals surface area (Å²) in [5.41, 5.74) is 7.17. The van der Waals surface area contributed by atoms with Crippen LogP contribution in [0.25, 0.3) is 11.1 Å². The van der Waals surface area contributed by atoms with Crippen molar-refractivity contribution in [2.24, 2.45) is 0 Å². The van der Waals surface area contributed by atoms with Crippen molar-refractivity contribution in [3.05, 3.63) is 48.0 Å². The van der Waals surface area contributed by atoms with Crippen LogP contribution < -0.4 is 11.1 Å². The summed E-state index contributed by atoms with van der Waals surface area (Å²) < 4.78 is 31.8. The minimum atomic E-state index is -0.594. The van der Waals surface area contributed by atoms with Crippen molar-refractivity contribution in [2.45, 2.75) is 0 Å². The van der Waals surface area contributed by atoms with E-state index in [1.54, 1.807) is 18.2 Å². The molecule has 1 heterocycles. The van der Waals surface area contributed by atoms with Gasteiger partial charge in [-0.15, -0.1) is 0 Å². The molecule has 0 aliphatic carbocycles. The lowest BCUT2D eigenvalue weighted by Gasteiger charge is -2.02. The number of hydrogen-bond donors (Lipinski definition) is 2. The second kappa shape index (κ2) is 4.24. The van der Waals surface area contributed by atoms with Crippen LogP contribution in [0.15, 0.2) is 40.8 Å². The summed E-state index contributed by atoms with van der Waals surface area (Å²) >= 11 is 0. The minimum Gasteiger partial charge on any atom is -0.423 e. The topological polar surface area (TPSA) is 64.1 Å². The molecule has 0 radical (unpaired) electrons. The maximum atomic E-state index is 13.5. The van der Waals surface area contributed by atoms with E-state index in [0.29, 0.717) is 16.8 Å². The van der Waals surface area contributed by atoms with E-state index in [2.05, 4.69) is 10.3 Å². The first-order valence-electron chi connectivity index (χ1n) is 5.50. The predicted molar refractivity (Wildman–Crippen MR) is 68.1 cm³/mol. The molecule has 3 rings (SSSR count). The van der Waals surface area contributed by atoms with Gasteiger partial charge in [0.15, 0.2) is 5.58 Å². The maximum absolute atomic E-state index is 13.5. The van der Waals surface area contributed by atoms with E-state index in [9.17, 15) is 8.78 Å². The third-order valence-corrected chi connectivity index (χ3v) is 2.58. The van der Waals surface area contributed by atoms with Gasteiger partial charge in [-0.05, 0) is 30.3 Å². The smallest absolute Gasteiger partial charge is 0.300 e. The normalized spacial score (nSPS) is 10.8. The van der Waals surface area contributed by atoms with Crippen LogP contribution in [-0.4, -0.2) is 4.98 Å². The van der Waals surface area contributed by atoms with Crippen molar-refractivity contribution in [1.29, 1.82) is 0 Å². The molecule has 0 spiro atoms. The average molecular weight is 261 g/mol. The van der Waals surface area contributed by atoms with Crippen LogP contribution in [0.2, 0.25) is 0 Å². The highest BCUT2D eigenvalue weighted by atomic mass is 19.1. The van der Waals surface area contributed by atoms with Gasteiger partial charge in [-0.25, -0.2) is 8.78 Å². The summed E-state index contributed by atoms with van der Waals surface area (Å²) in [6.45, 7) is 0. The van der Waals surface area contributed by atoms with Crippen LogP contribution in [0.5, 0.6) is 0 Å². The molecule has 0 aliphatic rings. The van der Waals surface area contributed by atoms with Crippen molar-refractivity contribution in [2.75, 3.05) is 11.1 Å². The number of nitrogens with one attached hydrogen (secondary N) is 1. The zero-order valence-corrected chi connectivity index (χ0v) is 9.65. The fourth-order valence-electron chi connectivity index (χ4n) is 1.71. The molecule has 96 valence electrons. The molecule has 0 bridgehead atoms. The maximum Gasteiger partial charge on any atom is 0.300 e. The highest BCUT2D eigenvalue weighted by molar-refractivity contribution is 5.78. The van der Waals surface area contributed by atoms with Crippen LogP contribution >= 0.6 is 0 Å². The number of benzene rings is 2. The molecular weight excluding hydrogens is 252 g/mol. The van der Waals surface area contributed by atoms with Gasteiger partial charge in [-0.2, -0.15) is 4.98 Å². The molecule has 2 aromatic carbocycles. The fourth-order valence-corrected chi connectivity index (χ4v) is 1.71. The Balaban J connectivity index is 1.98. The zero-order chi connectivity index (χ0) is 13.4. The molecule has 0 saturated heterocycles. The van der Waals surface area contributed by atoms with Gasteiger partial charge in [0.05, 0.1) is 5.69 Å². The van der Waals surface area contributed by atoms with Gasteiger partial charge in [-0.1, -0.05) is 0 Å². The number of nitrogens with zero attached hydrogens (tertiary/aromatic N) is 1. The van der Waals surface area contributed by atoms with Gasteiger partial charge in [0.25, 0.3) is 6.01 Å². The highest BCUT2D eigenvalue weighted by Gasteiger charge is 2.09. The Labute approximate surface area is 106 Å². The van der Waals surface area contributed by atoms with E-state index in [-0.39, 0.29) is 11.7 Å². The van der Waals surface area contributed by atoms with Gasteiger partial charge < -0.3 is 15.5 Å². The van der Waals surface area contributed by atoms with E-state index in [1.165, 1.54) is 0 Å². The Morgan fingerprint density at radius 2 is 1.95 bits per heavy atom. The molecule has 0 saturated carbocycles. The molecular formula is C13H9F2N3O. The summed E-state index contributed by atoms with van der Waals surface area (Å²) in [6, 6.07) is 8.12. The van der Waals surface area contributed by atoms with Crippen molar-refractivity contribution < 1.29 is 13.2 Å². The fraction of sp³-hybridized carbons (Fsp3) is 0. The molecule has 0 unspecified atom stereocenters. The first kappa shape index (κ1) is 11.5. The monoisotopic (exact) mass is 261 g/mol. The summed E-state index contributed by atoms with van der Waals surface area (Å²) in [4.78, 5) is 4.09. The minimum absolute atomic E-state index is 0.0421. The summed E-state index contributed by atoms with van der Waals surface area (Å²) in [6.07, 6.45) is 0. The van der Waals surface area contributed by atoms with Crippen LogP contribution in [0, 0.1) is 11.6 Å². The van der Waals surface area contributed by atoms with E-state index in [4.69, 9.17) is 10.2 Å². The van der Waals surface area contributed by atoms with Gasteiger partial charge in [-0.3, -0.25) is 0 Å². The quantitative estimate of drug-likeness (QED) is 0.694. The predicted octanol–water partition coefficient (Wildman–Crippen LogP) is 3.43. The molecule has 0 fully saturated rings. The van der Waals surface area contributed by atoms with Crippen molar-refractivity contribution in [3.8, 4) is 0 Å². The first-order valence-corrected chi connectivity index (χ1v) is 5.50. The number of oxazole rings is 1. The highest BCUT2D eigenvalue weighted by Crippen LogP contribution is 2.25. The third-order valence-electron chi connectivity index (χ3n) is 2.58. The average Bonchev–Trinajstić information content (AvgIpc) is 2.75. The van der Waals surface area contributed by atoms with Crippen molar-refractivity contribution in [3.63, 3.8) is 0 Å². The standard InChI is InChI=1S/C13H9F2N3O/c14-7-1-3-9(15)10(5-7)17-13-18-11-6-8(16)2-4-12(11)19-13/h1-6H,16H2,(H,17,18). The number of rotatable bonds is 2. The molecule has 19 heavy (non-hydrogen) atoms. The molecule has 6 heteroatoms. The van der Waals surface area contributed by atoms with E-state index < -0.39 is 11.6 Å². The number of halogens is 2. The van der Waals surface area contributed by atoms with Crippen LogP contribution in [0.1, 0.15) is 0 Å². The van der Waals surface area contributed by atoms with E-state index in [1.807, 2.05) is 0 Å². The van der Waals surface area contributed by atoms with Crippen molar-refractivity contribution in [1.82, 2.24) is 4.98 Å². The Morgan fingerprint density at radius 3 is 2.79 bits per heavy atom. The molecule has 0 aliphatic heterocycles.